The van der Waals surface area contributed by atoms with Gasteiger partial charge in [-0.1, -0.05) is 0 Å². The molecule has 3 N–H and O–H groups in total. The lowest BCUT2D eigenvalue weighted by Gasteiger charge is -2.44. The molecule has 0 aromatic rings. The third-order valence-electron chi connectivity index (χ3n) is 7.39. The summed E-state index contributed by atoms with van der Waals surface area (Å²) in [6.45, 7) is 5.14. The zero-order chi connectivity index (χ0) is 20.6. The molecule has 5 unspecified atom stereocenters. The maximum absolute atomic E-state index is 12.5. The molecule has 0 bridgehead atoms. The van der Waals surface area contributed by atoms with Crippen LogP contribution >= 0.6 is 0 Å². The van der Waals surface area contributed by atoms with Crippen molar-refractivity contribution in [3.63, 3.8) is 0 Å². The number of aliphatic carboxylic acids is 2. The second-order valence-electron chi connectivity index (χ2n) is 10.3. The van der Waals surface area contributed by atoms with Crippen LogP contribution in [-0.4, -0.2) is 69.0 Å². The lowest BCUT2D eigenvalue weighted by atomic mass is 9.87. The van der Waals surface area contributed by atoms with Crippen molar-refractivity contribution < 1.29 is 33.8 Å². The largest absolute Gasteiger partial charge is 0.481 e. The highest BCUT2D eigenvalue weighted by atomic mass is 16.6. The highest BCUT2D eigenvalue weighted by molar-refractivity contribution is 5.89. The zero-order valence-electron chi connectivity index (χ0n) is 17.0. The van der Waals surface area contributed by atoms with Gasteiger partial charge in [0, 0.05) is 43.9 Å². The monoisotopic (exact) mass is 395 g/mol. The third kappa shape index (κ3) is 2.88. The first kappa shape index (κ1) is 19.5. The summed E-state index contributed by atoms with van der Waals surface area (Å²) in [6, 6.07) is 0.913. The van der Waals surface area contributed by atoms with Crippen LogP contribution in [0.2, 0.25) is 0 Å². The fourth-order valence-corrected chi connectivity index (χ4v) is 5.94. The Hall–Kier alpha value is -1.83. The van der Waals surface area contributed by atoms with Gasteiger partial charge in [-0.05, 0) is 20.8 Å². The van der Waals surface area contributed by atoms with Crippen molar-refractivity contribution in [2.24, 2.45) is 17.8 Å². The minimum atomic E-state index is -1.58. The summed E-state index contributed by atoms with van der Waals surface area (Å²) < 4.78 is 6.09. The Morgan fingerprint density at radius 3 is 2.00 bits per heavy atom. The predicted octanol–water partition coefficient (Wildman–Crippen LogP) is 1.82. The number of ether oxygens (including phenoxy) is 1. The van der Waals surface area contributed by atoms with Gasteiger partial charge in [0.2, 0.25) is 0 Å². The Balaban J connectivity index is 1.66. The van der Waals surface area contributed by atoms with Gasteiger partial charge in [-0.2, -0.15) is 0 Å². The lowest BCUT2D eigenvalue weighted by Crippen LogP contribution is -2.62. The van der Waals surface area contributed by atoms with E-state index in [9.17, 15) is 24.6 Å². The molecule has 1 amide bonds. The van der Waals surface area contributed by atoms with Crippen molar-refractivity contribution in [1.29, 1.82) is 0 Å². The minimum Gasteiger partial charge on any atom is -0.481 e. The molecule has 0 spiro atoms. The maximum atomic E-state index is 12.5. The summed E-state index contributed by atoms with van der Waals surface area (Å²) in [5.41, 5.74) is -2.34. The third-order valence-corrected chi connectivity index (χ3v) is 7.39. The average Bonchev–Trinajstić information content (AvgIpc) is 3.42. The fourth-order valence-electron chi connectivity index (χ4n) is 5.94. The van der Waals surface area contributed by atoms with E-state index in [1.54, 1.807) is 20.8 Å². The van der Waals surface area contributed by atoms with Gasteiger partial charge in [0.1, 0.15) is 5.60 Å². The van der Waals surface area contributed by atoms with E-state index in [4.69, 9.17) is 4.74 Å². The number of quaternary nitrogens is 1. The van der Waals surface area contributed by atoms with Crippen LogP contribution < -0.4 is 5.32 Å². The normalized spacial score (nSPS) is 37.1. The molecule has 156 valence electrons. The molecule has 8 heteroatoms. The number of carboxylic acids is 2. The van der Waals surface area contributed by atoms with Crippen LogP contribution in [0.4, 0.5) is 4.79 Å². The molecule has 4 saturated carbocycles. The summed E-state index contributed by atoms with van der Waals surface area (Å²) in [7, 11) is 2.18. The smallest absolute Gasteiger partial charge is 0.408 e. The van der Waals surface area contributed by atoms with Crippen molar-refractivity contribution in [3.05, 3.63) is 0 Å². The van der Waals surface area contributed by atoms with Gasteiger partial charge < -0.3 is 24.7 Å². The minimum absolute atomic E-state index is 0.0582. The van der Waals surface area contributed by atoms with Crippen LogP contribution in [0.3, 0.4) is 0 Å². The number of carbonyl (C=O) groups excluding carboxylic acids is 1. The highest BCUT2D eigenvalue weighted by Crippen LogP contribution is 2.67. The molecule has 0 heterocycles. The van der Waals surface area contributed by atoms with Crippen LogP contribution in [0, 0.1) is 17.8 Å². The molecule has 4 aliphatic carbocycles. The molecule has 4 aliphatic rings. The van der Waals surface area contributed by atoms with Crippen LogP contribution in [0.25, 0.3) is 0 Å². The second kappa shape index (κ2) is 5.84. The number of hydrogen-bond acceptors (Lipinski definition) is 4. The van der Waals surface area contributed by atoms with Crippen molar-refractivity contribution in [1.82, 2.24) is 5.32 Å². The van der Waals surface area contributed by atoms with Gasteiger partial charge in [-0.15, -0.1) is 0 Å². The summed E-state index contributed by atoms with van der Waals surface area (Å²) in [5, 5.41) is 22.5. The van der Waals surface area contributed by atoms with E-state index < -0.39 is 41.0 Å². The first-order chi connectivity index (χ1) is 12.9. The molecule has 0 aliphatic heterocycles. The fraction of sp³-hybridized carbons (Fsp3) is 0.850. The van der Waals surface area contributed by atoms with Crippen molar-refractivity contribution in [3.8, 4) is 0 Å². The number of hydrogen-bond donors (Lipinski definition) is 3. The van der Waals surface area contributed by atoms with E-state index in [0.29, 0.717) is 12.1 Å². The molecular weight excluding hydrogens is 364 g/mol. The number of rotatable bonds is 6. The number of amides is 1. The van der Waals surface area contributed by atoms with E-state index in [1.165, 1.54) is 0 Å². The number of fused-ring (bicyclic) bond motifs is 1. The molecule has 28 heavy (non-hydrogen) atoms. The Kier molecular flexibility index (Phi) is 4.07. The van der Waals surface area contributed by atoms with E-state index in [-0.39, 0.29) is 18.4 Å². The number of nitrogens with zero attached hydrogens (tertiary/aromatic N) is 1. The van der Waals surface area contributed by atoms with E-state index in [2.05, 4.69) is 12.4 Å². The van der Waals surface area contributed by atoms with Crippen LogP contribution in [0.15, 0.2) is 0 Å². The summed E-state index contributed by atoms with van der Waals surface area (Å²) in [5.74, 6) is -3.64. The van der Waals surface area contributed by atoms with Crippen molar-refractivity contribution in [2.45, 2.75) is 82.1 Å². The maximum Gasteiger partial charge on any atom is 0.408 e. The van der Waals surface area contributed by atoms with Gasteiger partial charge in [0.15, 0.2) is 5.54 Å². The van der Waals surface area contributed by atoms with E-state index in [1.807, 2.05) is 0 Å². The summed E-state index contributed by atoms with van der Waals surface area (Å²) in [4.78, 5) is 36.8. The first-order valence-corrected chi connectivity index (χ1v) is 10.2. The van der Waals surface area contributed by atoms with Crippen LogP contribution in [0.1, 0.15) is 52.9 Å². The highest BCUT2D eigenvalue weighted by Gasteiger charge is 2.80. The molecule has 8 nitrogen and oxygen atoms in total. The molecule has 0 aromatic heterocycles. The van der Waals surface area contributed by atoms with Gasteiger partial charge in [0.05, 0.1) is 31.1 Å². The summed E-state index contributed by atoms with van der Waals surface area (Å²) in [6.07, 6.45) is 3.91. The Bertz CT molecular complexity index is 711. The zero-order valence-corrected chi connectivity index (χ0v) is 17.0. The SMILES string of the molecule is CC(C)(C)OC(=O)NC1(C(=O)O)CC([N+](C)(C2CC2)C2CC2)C2C(C(=O)O)C21. The topological polar surface area (TPSA) is 113 Å². The quantitative estimate of drug-likeness (QED) is 0.592. The van der Waals surface area contributed by atoms with Gasteiger partial charge >= 0.3 is 18.0 Å². The Morgan fingerprint density at radius 1 is 1.07 bits per heavy atom. The average molecular weight is 395 g/mol. The number of carbonyl (C=O) groups is 3. The summed E-state index contributed by atoms with van der Waals surface area (Å²) >= 11 is 0. The predicted molar refractivity (Wildman–Crippen MR) is 98.5 cm³/mol. The Labute approximate surface area is 164 Å². The number of carboxylic acid groups (broad SMARTS) is 2. The van der Waals surface area contributed by atoms with E-state index >= 15 is 0 Å². The lowest BCUT2D eigenvalue weighted by molar-refractivity contribution is -0.955. The van der Waals surface area contributed by atoms with E-state index in [0.717, 1.165) is 30.2 Å². The van der Waals surface area contributed by atoms with Crippen LogP contribution in [0.5, 0.6) is 0 Å². The van der Waals surface area contributed by atoms with Gasteiger partial charge in [0.25, 0.3) is 0 Å². The molecule has 4 fully saturated rings. The first-order valence-electron chi connectivity index (χ1n) is 10.2. The Morgan fingerprint density at radius 2 is 1.61 bits per heavy atom. The molecule has 0 aromatic carbocycles. The van der Waals surface area contributed by atoms with Crippen molar-refractivity contribution >= 4 is 18.0 Å². The van der Waals surface area contributed by atoms with Gasteiger partial charge in [-0.3, -0.25) is 4.79 Å². The van der Waals surface area contributed by atoms with Crippen LogP contribution in [-0.2, 0) is 14.3 Å². The molecule has 0 saturated heterocycles. The molecule has 5 atom stereocenters. The van der Waals surface area contributed by atoms with Gasteiger partial charge in [-0.25, -0.2) is 9.59 Å². The molecule has 0 radical (unpaired) electrons. The van der Waals surface area contributed by atoms with Crippen molar-refractivity contribution in [2.75, 3.05) is 7.05 Å². The number of nitrogens with one attached hydrogen (secondary N) is 1. The molecule has 4 rings (SSSR count). The molecular formula is C20H31N2O6+. The second-order valence-corrected chi connectivity index (χ2v) is 10.3. The number of alkyl carbamates (subject to hydrolysis) is 1. The standard InChI is InChI=1S/C20H30N2O6/c1-19(2,3)28-18(27)21-20(17(25)26)9-12(13-14(15(13)20)16(23)24)22(4,10-5-6-10)11-7-8-11/h10-15H,5-9H2,1-4H3,(H2-,21,23,24,25,26,27)/p+1.